The molecule has 4 fully saturated rings. The van der Waals surface area contributed by atoms with E-state index in [9.17, 15) is 58.0 Å². The number of alkyl halides is 1. The number of anilines is 1. The van der Waals surface area contributed by atoms with E-state index < -0.39 is 79.2 Å². The Bertz CT molecular complexity index is 5880. The fourth-order valence-corrected chi connectivity index (χ4v) is 17.3. The maximum absolute atomic E-state index is 13.1. The summed E-state index contributed by atoms with van der Waals surface area (Å²) in [6.07, 6.45) is -2.95. The third-order valence-electron chi connectivity index (χ3n) is 17.1. The second-order valence-corrected chi connectivity index (χ2v) is 45.8. The summed E-state index contributed by atoms with van der Waals surface area (Å²) in [5, 5.41) is 59.5. The van der Waals surface area contributed by atoms with Crippen molar-refractivity contribution in [1.82, 2.24) is 58.5 Å². The van der Waals surface area contributed by atoms with E-state index in [0.717, 1.165) is 52.2 Å². The van der Waals surface area contributed by atoms with Crippen molar-refractivity contribution in [2.75, 3.05) is 50.7 Å². The topological polar surface area (TPSA) is 498 Å². The maximum Gasteiger partial charge on any atom is 1.00 e. The third-order valence-corrected chi connectivity index (χ3v) is 24.7. The quantitative estimate of drug-likeness (QED) is 0.00371. The molecule has 0 amide bonds. The van der Waals surface area contributed by atoms with Crippen LogP contribution < -0.4 is 94.7 Å². The van der Waals surface area contributed by atoms with E-state index in [-0.39, 0.29) is 141 Å². The summed E-state index contributed by atoms with van der Waals surface area (Å²) in [5.74, 6) is -0.632. The monoisotopic (exact) mass is 2300 g/mol. The van der Waals surface area contributed by atoms with Crippen LogP contribution in [-0.2, 0) is 77.1 Å². The molecule has 14 rings (SSSR count). The molecule has 4 aliphatic rings. The fraction of sp³-hybridized carbons (Fsp3) is 0.386. The Kier molecular flexibility index (Phi) is 58.3. The number of nitrogens with two attached hydrogens (primary N) is 1. The number of aliphatic hydroxyl groups excluding tert-OH is 3. The van der Waals surface area contributed by atoms with Crippen molar-refractivity contribution in [2.24, 2.45) is 17.0 Å². The number of carboxylic acid groups (broad SMARTS) is 1. The normalized spacial score (nSPS) is 16.0. The number of halogens is 12. The molecule has 0 unspecified atom stereocenters. The second-order valence-electron chi connectivity index (χ2n) is 30.0. The van der Waals surface area contributed by atoms with Crippen LogP contribution in [0, 0.1) is 45.7 Å². The number of carbonyl (C=O) groups is 1. The number of ether oxygens (including phenoxy) is 6. The minimum atomic E-state index is -3.77. The van der Waals surface area contributed by atoms with E-state index in [1.54, 1.807) is 80.6 Å². The van der Waals surface area contributed by atoms with E-state index >= 15 is 0 Å². The summed E-state index contributed by atoms with van der Waals surface area (Å²) in [7, 11) is -7.13. The minimum Gasteiger partial charge on any atom is -1.00 e. The largest absolute Gasteiger partial charge is 1.00 e. The smallest absolute Gasteiger partial charge is 1.00 e. The number of rotatable bonds is 25. The molecule has 5 aromatic carbocycles. The van der Waals surface area contributed by atoms with Gasteiger partial charge < -0.3 is 75.2 Å². The van der Waals surface area contributed by atoms with Crippen LogP contribution in [0.2, 0.25) is 15.5 Å². The summed E-state index contributed by atoms with van der Waals surface area (Å²) in [6, 6.07) is 37.4. The zero-order valence-electron chi connectivity index (χ0n) is 77.3. The summed E-state index contributed by atoms with van der Waals surface area (Å²) in [4.78, 5) is 66.3. The average Bonchev–Trinajstić information content (AvgIpc) is 1.03. The van der Waals surface area contributed by atoms with Gasteiger partial charge in [-0.25, -0.2) is 47.0 Å². The number of aromatic hydroxyl groups is 2. The second kappa shape index (κ2) is 63.4. The molecule has 34 nitrogen and oxygen atoms in total. The van der Waals surface area contributed by atoms with Crippen molar-refractivity contribution in [3.8, 4) is 23.5 Å². The van der Waals surface area contributed by atoms with E-state index in [0.29, 0.717) is 111 Å². The van der Waals surface area contributed by atoms with Gasteiger partial charge in [0.2, 0.25) is 17.6 Å². The number of nitrogens with zero attached hydrogens (tertiary/aromatic N) is 9. The number of aromatic amines is 3. The Hall–Kier alpha value is -5.21. The van der Waals surface area contributed by atoms with E-state index in [2.05, 4.69) is 116 Å². The predicted molar refractivity (Wildman–Crippen MR) is 523 cm³/mol. The molecule has 56 heteroatoms. The van der Waals surface area contributed by atoms with Gasteiger partial charge in [0.05, 0.1) is 38.1 Å². The van der Waals surface area contributed by atoms with Crippen LogP contribution in [0.5, 0.6) is 23.5 Å². The number of aliphatic carboxylic acids is 1. The molecular formula is C83H99BrCl6F5N14Na2O20PS7. The fourth-order valence-electron chi connectivity index (χ4n) is 10.4. The van der Waals surface area contributed by atoms with Gasteiger partial charge in [0.25, 0.3) is 21.3 Å². The Labute approximate surface area is 905 Å². The van der Waals surface area contributed by atoms with Crippen molar-refractivity contribution < 1.29 is 168 Å². The van der Waals surface area contributed by atoms with Crippen molar-refractivity contribution in [1.29, 1.82) is 0 Å². The zero-order chi connectivity index (χ0) is 102. The number of hydrogen-bond acceptors (Lipinski definition) is 32. The molecule has 4 aliphatic heterocycles. The Morgan fingerprint density at radius 1 is 0.597 bits per heavy atom. The minimum absolute atomic E-state index is 0. The molecule has 0 spiro atoms. The SMILES string of the molecule is CC(=O)[O-].CC1CN(S(=O)(=O)Nc2cc(O[C@H](C)[C@@H](O)CO)nc(SCc3ccc(F)cc3)n2)C1.CC1CN(S(N)(=O)=O)C1.C[C@@H](O)[C@@H]1COC(C)(C)O1.C[C@@H](Oc1cc(Cl)nc(SCc2ccc(F)cc2)n1)[C@@H]1COC(C)(C)O1.Fc1ccc(CBr)cc1.Fc1ccc(CSc2nc(Cl)cc(Cl)n2)cc1.O=P(Cl)(Cl)Cl.O=c1cc(O)[nH]c(=S)[nH]1.O=c1cc(O)nc(SCc2ccc(F)cc2)[nH]1.[H-].[Na+].[Na+]. The molecule has 6 atom stereocenters. The van der Waals surface area contributed by atoms with Crippen LogP contribution in [0.4, 0.5) is 27.8 Å². The molecule has 10 aromatic rings. The number of H-pyrrole nitrogens is 3. The van der Waals surface area contributed by atoms with Crippen LogP contribution >= 0.6 is 149 Å². The predicted octanol–water partition coefficient (Wildman–Crippen LogP) is 10.4. The molecule has 0 bridgehead atoms. The van der Waals surface area contributed by atoms with Gasteiger partial charge in [-0.05, 0) is 202 Å². The number of hydrogen-bond donors (Lipinski definition) is 10. The number of aromatic nitrogens is 10. The van der Waals surface area contributed by atoms with Crippen molar-refractivity contribution in [3.63, 3.8) is 0 Å². The molecule has 754 valence electrons. The standard InChI is InChI=1S/C19H25FN4O5S2.C18H20ClFN2O3S.C11H7Cl2FN2S.C11H9FN2O2S.C7H6BrF.C7H14O3.C4H10N2O2S.C4H4N2O2S.C2H4O2.Cl3OP.2Na.H/c1-12-8-24(9-12)31(27,28)23-17-7-18(29-13(2)16(26)10-25)22-19(21-17)30-11-14-3-5-15(20)6-4-14;1-11(14-9-23-18(2,3)25-14)24-16-8-15(19)21-17(22-16)26-10-12-4-6-13(20)7-5-12;12-9-5-10(13)16-11(15-9)17-6-7-1-3-8(14)4-2-7;12-8-3-1-7(2-4-8)6-17-11-13-9(15)5-10(16)14-11;8-5-6-1-3-7(9)4-2-6;1-5(8)6-4-9-7(2,3)10-6;1-4-2-6(3-4)9(5,7)8;7-2-1-3(8)6-4(9)5-2;1-2(3)4;1-5(2,3)4;;;/h3-7,12-13,16,25-26H,8-11H2,1-2H3,(H,21,22,23);4-8,11,14H,9-10H2,1-3H3;1-5H,6H2;1-5H,6H2,(H2,13,14,15,16);1-4H,5H2;5-6,8H,4H2,1-3H3;4H,2-3H2,1H3,(H2,5,7,8);1H,(H3,5,6,7,8,9);1H3,(H,3,4);;;;/q;;;;;;;;;;2*+1;-1/p-1/t13-,16+;11-,14+;;;;5-,6+;;;;;;;/m11...1......./s1. The van der Waals surface area contributed by atoms with Crippen LogP contribution in [0.25, 0.3) is 0 Å². The molecule has 9 heterocycles. The van der Waals surface area contributed by atoms with Crippen LogP contribution in [0.15, 0.2) is 182 Å². The van der Waals surface area contributed by atoms with Gasteiger partial charge in [-0.15, -0.1) is 0 Å². The number of aliphatic hydroxyl groups is 3. The summed E-state index contributed by atoms with van der Waals surface area (Å²) < 4.78 is 158. The van der Waals surface area contributed by atoms with Crippen LogP contribution in [-0.4, -0.2) is 201 Å². The first kappa shape index (κ1) is 128. The van der Waals surface area contributed by atoms with Gasteiger partial charge in [-0.1, -0.05) is 172 Å². The van der Waals surface area contributed by atoms with E-state index in [4.69, 9.17) is 98.7 Å². The number of carboxylic acids is 1. The van der Waals surface area contributed by atoms with Crippen LogP contribution in [0.3, 0.4) is 0 Å². The number of nitrogens with one attached hydrogen (secondary N) is 4. The Morgan fingerprint density at radius 2 is 0.957 bits per heavy atom. The van der Waals surface area contributed by atoms with Gasteiger partial charge in [0.1, 0.15) is 80.9 Å². The molecule has 0 aliphatic carbocycles. The van der Waals surface area contributed by atoms with Gasteiger partial charge in [0.15, 0.2) is 42.9 Å². The molecule has 4 saturated heterocycles. The van der Waals surface area contributed by atoms with Gasteiger partial charge in [0, 0.05) is 78.7 Å². The van der Waals surface area contributed by atoms with Crippen molar-refractivity contribution in [2.45, 2.75) is 166 Å². The number of benzene rings is 5. The van der Waals surface area contributed by atoms with E-state index in [1.807, 2.05) is 48.5 Å². The first-order chi connectivity index (χ1) is 64.0. The third kappa shape index (κ3) is 54.7. The zero-order valence-corrected chi connectivity index (χ0v) is 93.1. The van der Waals surface area contributed by atoms with Gasteiger partial charge in [-0.3, -0.25) is 23.9 Å². The Balaban J connectivity index is 0.000000553. The van der Waals surface area contributed by atoms with Crippen LogP contribution in [0.1, 0.15) is 98.5 Å². The summed E-state index contributed by atoms with van der Waals surface area (Å²) in [5.41, 5.74) is 3.97. The molecule has 0 radical (unpaired) electrons. The molecule has 0 saturated carbocycles. The number of carbonyl (C=O) groups excluding carboxylic acids is 1. The Morgan fingerprint density at radius 3 is 1.29 bits per heavy atom. The number of thioether (sulfide) groups is 4. The molecule has 139 heavy (non-hydrogen) atoms. The molecular weight excluding hydrogens is 2200 g/mol. The average molecular weight is 2300 g/mol. The molecule has 5 aromatic heterocycles. The maximum atomic E-state index is 13.1. The van der Waals surface area contributed by atoms with Crippen molar-refractivity contribution >= 4 is 181 Å². The first-order valence-corrected chi connectivity index (χ1v) is 54.1. The van der Waals surface area contributed by atoms with E-state index in [1.165, 1.54) is 128 Å². The van der Waals surface area contributed by atoms with Gasteiger partial charge in [-0.2, -0.15) is 40.4 Å². The summed E-state index contributed by atoms with van der Waals surface area (Å²) in [6.45, 7) is 20.0. The van der Waals surface area contributed by atoms with Crippen molar-refractivity contribution in [3.05, 3.63) is 250 Å². The first-order valence-electron chi connectivity index (χ1n) is 40.1. The van der Waals surface area contributed by atoms with Gasteiger partial charge >= 0.3 is 74.5 Å². The molecule has 11 N–H and O–H groups in total. The summed E-state index contributed by atoms with van der Waals surface area (Å²) >= 11 is 44.5.